The zero-order chi connectivity index (χ0) is 18.5. The van der Waals surface area contributed by atoms with E-state index in [2.05, 4.69) is 4.98 Å². The molecule has 0 saturated heterocycles. The topological polar surface area (TPSA) is 42.4 Å². The molecule has 0 N–H and O–H groups in total. The van der Waals surface area contributed by atoms with Crippen LogP contribution in [-0.4, -0.2) is 18.0 Å². The molecule has 1 amide bonds. The number of thioether (sulfide) groups is 1. The van der Waals surface area contributed by atoms with Gasteiger partial charge in [-0.05, 0) is 48.9 Å². The Bertz CT molecular complexity index is 891. The predicted molar refractivity (Wildman–Crippen MR) is 109 cm³/mol. The van der Waals surface area contributed by atoms with Crippen molar-refractivity contribution in [3.63, 3.8) is 0 Å². The molecule has 1 heterocycles. The summed E-state index contributed by atoms with van der Waals surface area (Å²) >= 11 is 3.20. The van der Waals surface area contributed by atoms with E-state index in [1.807, 2.05) is 60.8 Å². The molecule has 0 unspecified atom stereocenters. The van der Waals surface area contributed by atoms with Crippen molar-refractivity contribution in [1.29, 1.82) is 0 Å². The minimum atomic E-state index is -0.0423. The lowest BCUT2D eigenvalue weighted by molar-refractivity contribution is -0.115. The molecule has 3 aromatic rings. The molecule has 6 heteroatoms. The summed E-state index contributed by atoms with van der Waals surface area (Å²) in [7, 11) is 1.66. The lowest BCUT2D eigenvalue weighted by Gasteiger charge is -2.18. The van der Waals surface area contributed by atoms with Gasteiger partial charge in [0.2, 0.25) is 5.91 Å². The van der Waals surface area contributed by atoms with Crippen LogP contribution < -0.4 is 9.64 Å². The van der Waals surface area contributed by atoms with Gasteiger partial charge in [-0.15, -0.1) is 23.1 Å². The quantitative estimate of drug-likeness (QED) is 0.531. The molecular weight excluding hydrogens is 364 g/mol. The van der Waals surface area contributed by atoms with Gasteiger partial charge >= 0.3 is 0 Å². The number of methoxy groups -OCH3 is 1. The SMILES string of the molecule is COc1ccc(SCc2csc(N(C(C)=O)c3cccc(C)c3)n2)cc1. The molecule has 0 atom stereocenters. The maximum absolute atomic E-state index is 12.2. The first-order valence-corrected chi connectivity index (χ1v) is 10.0. The third-order valence-electron chi connectivity index (χ3n) is 3.75. The molecule has 26 heavy (non-hydrogen) atoms. The van der Waals surface area contributed by atoms with Gasteiger partial charge in [0.15, 0.2) is 5.13 Å². The van der Waals surface area contributed by atoms with Crippen molar-refractivity contribution >= 4 is 39.8 Å². The Kier molecular flexibility index (Phi) is 5.96. The Labute approximate surface area is 161 Å². The van der Waals surface area contributed by atoms with Crippen LogP contribution in [-0.2, 0) is 10.5 Å². The van der Waals surface area contributed by atoms with Crippen LogP contribution in [0.5, 0.6) is 5.75 Å². The standard InChI is InChI=1S/C20H20N2O2S2/c1-14-5-4-6-17(11-14)22(15(2)23)20-21-16(13-26-20)12-25-19-9-7-18(24-3)8-10-19/h4-11,13H,12H2,1-3H3. The van der Waals surface area contributed by atoms with Gasteiger partial charge in [0, 0.05) is 23.0 Å². The smallest absolute Gasteiger partial charge is 0.230 e. The number of nitrogens with zero attached hydrogens (tertiary/aromatic N) is 2. The lowest BCUT2D eigenvalue weighted by atomic mass is 10.2. The van der Waals surface area contributed by atoms with E-state index in [0.29, 0.717) is 5.13 Å². The number of anilines is 2. The Balaban J connectivity index is 1.73. The van der Waals surface area contributed by atoms with E-state index in [4.69, 9.17) is 4.74 Å². The number of carbonyl (C=O) groups is 1. The molecule has 0 aliphatic heterocycles. The molecule has 0 aliphatic carbocycles. The summed E-state index contributed by atoms with van der Waals surface area (Å²) < 4.78 is 5.18. The van der Waals surface area contributed by atoms with Crippen LogP contribution in [0.4, 0.5) is 10.8 Å². The number of ether oxygens (including phenoxy) is 1. The Morgan fingerprint density at radius 2 is 2.00 bits per heavy atom. The van der Waals surface area contributed by atoms with Crippen molar-refractivity contribution in [2.24, 2.45) is 0 Å². The van der Waals surface area contributed by atoms with Gasteiger partial charge in [-0.25, -0.2) is 4.98 Å². The summed E-state index contributed by atoms with van der Waals surface area (Å²) in [5.74, 6) is 1.56. The van der Waals surface area contributed by atoms with Crippen LogP contribution in [0.3, 0.4) is 0 Å². The van der Waals surface area contributed by atoms with E-state index in [1.54, 1.807) is 30.7 Å². The van der Waals surface area contributed by atoms with Gasteiger partial charge in [-0.1, -0.05) is 12.1 Å². The molecule has 0 bridgehead atoms. The number of hydrogen-bond donors (Lipinski definition) is 0. The minimum absolute atomic E-state index is 0.0423. The van der Waals surface area contributed by atoms with Gasteiger partial charge < -0.3 is 4.74 Å². The van der Waals surface area contributed by atoms with Gasteiger partial charge in [-0.2, -0.15) is 0 Å². The van der Waals surface area contributed by atoms with Crippen molar-refractivity contribution < 1.29 is 9.53 Å². The summed E-state index contributed by atoms with van der Waals surface area (Å²) in [4.78, 5) is 19.7. The number of thiazole rings is 1. The molecule has 0 radical (unpaired) electrons. The van der Waals surface area contributed by atoms with E-state index in [-0.39, 0.29) is 5.91 Å². The fraction of sp³-hybridized carbons (Fsp3) is 0.200. The van der Waals surface area contributed by atoms with Crippen LogP contribution >= 0.6 is 23.1 Å². The number of benzene rings is 2. The van der Waals surface area contributed by atoms with E-state index in [1.165, 1.54) is 11.3 Å². The van der Waals surface area contributed by atoms with E-state index in [0.717, 1.165) is 33.3 Å². The highest BCUT2D eigenvalue weighted by Gasteiger charge is 2.18. The van der Waals surface area contributed by atoms with Crippen molar-refractivity contribution in [2.45, 2.75) is 24.5 Å². The molecule has 3 rings (SSSR count). The highest BCUT2D eigenvalue weighted by Crippen LogP contribution is 2.32. The average molecular weight is 385 g/mol. The first-order valence-electron chi connectivity index (χ1n) is 8.15. The maximum atomic E-state index is 12.2. The lowest BCUT2D eigenvalue weighted by Crippen LogP contribution is -2.22. The van der Waals surface area contributed by atoms with Gasteiger partial charge in [0.25, 0.3) is 0 Å². The minimum Gasteiger partial charge on any atom is -0.497 e. The third kappa shape index (κ3) is 4.45. The van der Waals surface area contributed by atoms with Crippen LogP contribution in [0.15, 0.2) is 58.8 Å². The summed E-state index contributed by atoms with van der Waals surface area (Å²) in [5, 5.41) is 2.71. The average Bonchev–Trinajstić information content (AvgIpc) is 3.09. The highest BCUT2D eigenvalue weighted by molar-refractivity contribution is 7.98. The number of aryl methyl sites for hydroxylation is 1. The number of amides is 1. The van der Waals surface area contributed by atoms with E-state index in [9.17, 15) is 4.79 Å². The van der Waals surface area contributed by atoms with Crippen LogP contribution in [0.1, 0.15) is 18.2 Å². The van der Waals surface area contributed by atoms with Crippen molar-refractivity contribution in [1.82, 2.24) is 4.98 Å². The van der Waals surface area contributed by atoms with Crippen molar-refractivity contribution in [3.05, 3.63) is 65.2 Å². The normalized spacial score (nSPS) is 10.6. The summed E-state index contributed by atoms with van der Waals surface area (Å²) in [6.45, 7) is 3.58. The summed E-state index contributed by atoms with van der Waals surface area (Å²) in [6, 6.07) is 15.9. The number of hydrogen-bond acceptors (Lipinski definition) is 5. The number of carbonyl (C=O) groups excluding carboxylic acids is 1. The molecule has 1 aromatic heterocycles. The summed E-state index contributed by atoms with van der Waals surface area (Å²) in [6.07, 6.45) is 0. The van der Waals surface area contributed by atoms with E-state index >= 15 is 0 Å². The van der Waals surface area contributed by atoms with Crippen molar-refractivity contribution in [3.8, 4) is 5.75 Å². The second-order valence-corrected chi connectivity index (χ2v) is 7.66. The third-order valence-corrected chi connectivity index (χ3v) is 5.67. The number of rotatable bonds is 6. The molecule has 2 aromatic carbocycles. The highest BCUT2D eigenvalue weighted by atomic mass is 32.2. The van der Waals surface area contributed by atoms with Gasteiger partial charge in [0.05, 0.1) is 18.5 Å². The molecule has 0 aliphatic rings. The maximum Gasteiger partial charge on any atom is 0.230 e. The van der Waals surface area contributed by atoms with Crippen molar-refractivity contribution in [2.75, 3.05) is 12.0 Å². The first kappa shape index (κ1) is 18.5. The number of aromatic nitrogens is 1. The largest absolute Gasteiger partial charge is 0.497 e. The monoisotopic (exact) mass is 384 g/mol. The molecule has 4 nitrogen and oxygen atoms in total. The molecule has 134 valence electrons. The van der Waals surface area contributed by atoms with Crippen LogP contribution in [0.2, 0.25) is 0 Å². The van der Waals surface area contributed by atoms with E-state index < -0.39 is 0 Å². The molecular formula is C20H20N2O2S2. The Morgan fingerprint density at radius 1 is 1.23 bits per heavy atom. The predicted octanol–water partition coefficient (Wildman–Crippen LogP) is 5.44. The fourth-order valence-corrected chi connectivity index (χ4v) is 4.27. The van der Waals surface area contributed by atoms with Crippen LogP contribution in [0, 0.1) is 6.92 Å². The Morgan fingerprint density at radius 3 is 2.65 bits per heavy atom. The molecule has 0 fully saturated rings. The summed E-state index contributed by atoms with van der Waals surface area (Å²) in [5.41, 5.74) is 2.92. The fourth-order valence-electron chi connectivity index (χ4n) is 2.49. The van der Waals surface area contributed by atoms with Crippen LogP contribution in [0.25, 0.3) is 0 Å². The molecule has 0 saturated carbocycles. The zero-order valence-electron chi connectivity index (χ0n) is 14.9. The molecule has 0 spiro atoms. The zero-order valence-corrected chi connectivity index (χ0v) is 16.6. The second kappa shape index (κ2) is 8.38. The second-order valence-electron chi connectivity index (χ2n) is 5.78. The first-order chi connectivity index (χ1) is 12.6. The van der Waals surface area contributed by atoms with Gasteiger partial charge in [0.1, 0.15) is 5.75 Å². The Hall–Kier alpha value is -2.31. The van der Waals surface area contributed by atoms with Gasteiger partial charge in [-0.3, -0.25) is 9.69 Å².